The highest BCUT2D eigenvalue weighted by Gasteiger charge is 2.38. The number of Topliss-reactive ketones (excluding diaryl/α,β-unsaturated/α-hetero) is 1. The number of hydrogen-bond donors (Lipinski definition) is 1. The van der Waals surface area contributed by atoms with E-state index in [9.17, 15) is 23.9 Å². The molecule has 10 nitrogen and oxygen atoms in total. The van der Waals surface area contributed by atoms with E-state index in [1.165, 1.54) is 35.4 Å². The number of carbonyl (C=O) groups is 3. The number of rotatable bonds is 8. The number of nitrogens with zero attached hydrogens (tertiary/aromatic N) is 5. The summed E-state index contributed by atoms with van der Waals surface area (Å²) >= 11 is 5.94. The number of aromatic nitrogens is 3. The minimum atomic E-state index is -1.06. The van der Waals surface area contributed by atoms with Gasteiger partial charge in [-0.1, -0.05) is 47.1 Å². The molecule has 0 radical (unpaired) electrons. The van der Waals surface area contributed by atoms with Crippen LogP contribution in [0.1, 0.15) is 56.4 Å². The molecule has 1 aromatic heterocycles. The van der Waals surface area contributed by atoms with Crippen molar-refractivity contribution in [1.29, 1.82) is 0 Å². The molecule has 2 aliphatic rings. The van der Waals surface area contributed by atoms with Gasteiger partial charge in [-0.05, 0) is 66.3 Å². The summed E-state index contributed by atoms with van der Waals surface area (Å²) in [5.74, 6) is -2.49. The Morgan fingerprint density at radius 2 is 1.71 bits per heavy atom. The van der Waals surface area contributed by atoms with E-state index >= 15 is 0 Å². The van der Waals surface area contributed by atoms with Gasteiger partial charge in [-0.15, -0.1) is 5.10 Å². The molecule has 1 N–H and O–H groups in total. The number of benzene rings is 3. The van der Waals surface area contributed by atoms with Gasteiger partial charge in [0.15, 0.2) is 17.3 Å². The first-order valence-corrected chi connectivity index (χ1v) is 15.0. The molecule has 3 aromatic carbocycles. The number of carbonyl (C=O) groups excluding carboxylic acids is 2. The highest BCUT2D eigenvalue weighted by Crippen LogP contribution is 2.38. The van der Waals surface area contributed by atoms with Crippen LogP contribution in [0.3, 0.4) is 0 Å². The highest BCUT2D eigenvalue weighted by atomic mass is 35.5. The van der Waals surface area contributed by atoms with Crippen LogP contribution < -0.4 is 4.90 Å². The molecule has 3 heterocycles. The van der Waals surface area contributed by atoms with Crippen LogP contribution in [0.5, 0.6) is 0 Å². The van der Waals surface area contributed by atoms with Crippen molar-refractivity contribution in [2.24, 2.45) is 0 Å². The van der Waals surface area contributed by atoms with Crippen LogP contribution in [-0.4, -0.2) is 75.5 Å². The molecule has 0 aliphatic carbocycles. The van der Waals surface area contributed by atoms with Gasteiger partial charge in [0.05, 0.1) is 22.9 Å². The molecule has 1 atom stereocenters. The van der Waals surface area contributed by atoms with Crippen molar-refractivity contribution in [3.05, 3.63) is 106 Å². The molecule has 2 aliphatic heterocycles. The molecule has 45 heavy (non-hydrogen) atoms. The van der Waals surface area contributed by atoms with Crippen molar-refractivity contribution in [3.63, 3.8) is 0 Å². The van der Waals surface area contributed by atoms with E-state index in [2.05, 4.69) is 21.3 Å². The minimum absolute atomic E-state index is 0.0162. The second kappa shape index (κ2) is 12.8. The van der Waals surface area contributed by atoms with Crippen LogP contribution in [0.2, 0.25) is 5.02 Å². The predicted octanol–water partition coefficient (Wildman–Crippen LogP) is 4.92. The summed E-state index contributed by atoms with van der Waals surface area (Å²) in [6.07, 6.45) is 3.83. The maximum Gasteiger partial charge on any atom is 0.335 e. The molecule has 1 amide bonds. The van der Waals surface area contributed by atoms with E-state index in [-0.39, 0.29) is 46.8 Å². The Morgan fingerprint density at radius 3 is 2.42 bits per heavy atom. The molecule has 1 fully saturated rings. The molecule has 6 rings (SSSR count). The third kappa shape index (κ3) is 6.05. The predicted molar refractivity (Wildman–Crippen MR) is 165 cm³/mol. The summed E-state index contributed by atoms with van der Waals surface area (Å²) in [6, 6.07) is 15.5. The number of ketones is 1. The Morgan fingerprint density at radius 1 is 1.00 bits per heavy atom. The van der Waals surface area contributed by atoms with E-state index in [1.807, 2.05) is 12.1 Å². The van der Waals surface area contributed by atoms with E-state index in [4.69, 9.17) is 16.3 Å². The standard InChI is InChI=1S/C33H31ClFN5O5/c1-45-22-12-15-38(16-13-22)27-6-2-4-24-23(27)14-17-39(31(24)29(41)18-20-8-10-21(11-9-20)33(43)44)32(42)26-19-40(37-36-26)28-7-3-5-25(34)30(28)35/h2-11,19,22,31H,12-18H2,1H3,(H,43,44). The number of fused-ring (bicyclic) bond motifs is 1. The van der Waals surface area contributed by atoms with Crippen molar-refractivity contribution in [2.45, 2.75) is 37.8 Å². The molecule has 4 aromatic rings. The first kappa shape index (κ1) is 30.4. The van der Waals surface area contributed by atoms with E-state index < -0.39 is 23.7 Å². The second-order valence-electron chi connectivity index (χ2n) is 11.2. The molecule has 232 valence electrons. The van der Waals surface area contributed by atoms with Crippen molar-refractivity contribution < 1.29 is 28.6 Å². The average Bonchev–Trinajstić information content (AvgIpc) is 3.55. The fraction of sp³-hybridized carbons (Fsp3) is 0.303. The fourth-order valence-electron chi connectivity index (χ4n) is 6.20. The number of hydrogen-bond acceptors (Lipinski definition) is 7. The summed E-state index contributed by atoms with van der Waals surface area (Å²) in [6.45, 7) is 1.88. The topological polar surface area (TPSA) is 118 Å². The summed E-state index contributed by atoms with van der Waals surface area (Å²) in [5.41, 5.74) is 3.54. The number of anilines is 1. The van der Waals surface area contributed by atoms with Gasteiger partial charge in [0.25, 0.3) is 5.91 Å². The van der Waals surface area contributed by atoms with Gasteiger partial charge >= 0.3 is 5.97 Å². The maximum atomic E-state index is 14.7. The zero-order valence-corrected chi connectivity index (χ0v) is 25.3. The van der Waals surface area contributed by atoms with Crippen molar-refractivity contribution >= 4 is 34.9 Å². The Hall–Kier alpha value is -4.61. The van der Waals surface area contributed by atoms with Gasteiger partial charge in [0.2, 0.25) is 0 Å². The number of aromatic carboxylic acids is 1. The fourth-order valence-corrected chi connectivity index (χ4v) is 6.37. The van der Waals surface area contributed by atoms with Crippen LogP contribution in [0.25, 0.3) is 5.69 Å². The molecular weight excluding hydrogens is 601 g/mol. The maximum absolute atomic E-state index is 14.7. The van der Waals surface area contributed by atoms with Gasteiger partial charge < -0.3 is 19.6 Å². The minimum Gasteiger partial charge on any atom is -0.478 e. The molecule has 1 saturated heterocycles. The van der Waals surface area contributed by atoms with Gasteiger partial charge in [-0.2, -0.15) is 0 Å². The summed E-state index contributed by atoms with van der Waals surface area (Å²) < 4.78 is 21.4. The lowest BCUT2D eigenvalue weighted by molar-refractivity contribution is -0.123. The number of methoxy groups -OCH3 is 1. The quantitative estimate of drug-likeness (QED) is 0.291. The Kier molecular flexibility index (Phi) is 8.64. The van der Waals surface area contributed by atoms with Gasteiger partial charge in [-0.3, -0.25) is 9.59 Å². The molecule has 0 saturated carbocycles. The molecule has 0 bridgehead atoms. The van der Waals surface area contributed by atoms with Crippen molar-refractivity contribution in [3.8, 4) is 5.69 Å². The lowest BCUT2D eigenvalue weighted by Gasteiger charge is -2.40. The second-order valence-corrected chi connectivity index (χ2v) is 11.6. The molecule has 1 unspecified atom stereocenters. The van der Waals surface area contributed by atoms with Crippen LogP contribution >= 0.6 is 11.6 Å². The average molecular weight is 632 g/mol. The lowest BCUT2D eigenvalue weighted by atomic mass is 9.86. The van der Waals surface area contributed by atoms with Gasteiger partial charge in [0, 0.05) is 38.9 Å². The van der Waals surface area contributed by atoms with Gasteiger partial charge in [0.1, 0.15) is 11.7 Å². The monoisotopic (exact) mass is 631 g/mol. The normalized spacial score (nSPS) is 16.8. The van der Waals surface area contributed by atoms with E-state index in [0.29, 0.717) is 12.0 Å². The number of carboxylic acids is 1. The first-order chi connectivity index (χ1) is 21.7. The number of amides is 1. The first-order valence-electron chi connectivity index (χ1n) is 14.7. The largest absolute Gasteiger partial charge is 0.478 e. The Balaban J connectivity index is 1.34. The smallest absolute Gasteiger partial charge is 0.335 e. The summed E-state index contributed by atoms with van der Waals surface area (Å²) in [5, 5.41) is 17.2. The zero-order valence-electron chi connectivity index (χ0n) is 24.5. The third-order valence-electron chi connectivity index (χ3n) is 8.55. The molecular formula is C33H31ClFN5O5. The number of piperidine rings is 1. The Labute approximate surface area is 264 Å². The Bertz CT molecular complexity index is 1750. The summed E-state index contributed by atoms with van der Waals surface area (Å²) in [7, 11) is 1.73. The molecule has 12 heteroatoms. The van der Waals surface area contributed by atoms with Crippen LogP contribution in [-0.2, 0) is 22.4 Å². The SMILES string of the molecule is COC1CCN(c2cccc3c2CCN(C(=O)c2cn(-c4cccc(Cl)c4F)nn2)C3C(=O)Cc2ccc(C(=O)O)cc2)CC1. The van der Waals surface area contributed by atoms with Crippen LogP contribution in [0.4, 0.5) is 10.1 Å². The van der Waals surface area contributed by atoms with E-state index in [1.54, 1.807) is 25.3 Å². The lowest BCUT2D eigenvalue weighted by Crippen LogP contribution is -2.45. The summed E-state index contributed by atoms with van der Waals surface area (Å²) in [4.78, 5) is 43.3. The number of carboxylic acid groups (broad SMARTS) is 1. The van der Waals surface area contributed by atoms with Crippen LogP contribution in [0.15, 0.2) is 66.9 Å². The highest BCUT2D eigenvalue weighted by molar-refractivity contribution is 6.30. The molecule has 0 spiro atoms. The van der Waals surface area contributed by atoms with Crippen LogP contribution in [0, 0.1) is 5.82 Å². The number of halogens is 2. The van der Waals surface area contributed by atoms with Gasteiger partial charge in [-0.25, -0.2) is 13.9 Å². The van der Waals surface area contributed by atoms with Crippen molar-refractivity contribution in [2.75, 3.05) is 31.6 Å². The zero-order chi connectivity index (χ0) is 31.7. The third-order valence-corrected chi connectivity index (χ3v) is 8.84. The van der Waals surface area contributed by atoms with Crippen molar-refractivity contribution in [1.82, 2.24) is 19.9 Å². The van der Waals surface area contributed by atoms with E-state index in [0.717, 1.165) is 47.4 Å². The number of ether oxygens (including phenoxy) is 1.